The van der Waals surface area contributed by atoms with E-state index in [9.17, 15) is 18.0 Å². The number of hydrogen-bond donors (Lipinski definition) is 1. The van der Waals surface area contributed by atoms with E-state index in [1.165, 1.54) is 24.1 Å². The Balaban J connectivity index is 3.26. The molecular formula is C14H19NO5S. The second-order valence-electron chi connectivity index (χ2n) is 4.65. The van der Waals surface area contributed by atoms with Gasteiger partial charge in [-0.3, -0.25) is 4.79 Å². The van der Waals surface area contributed by atoms with Crippen LogP contribution < -0.4 is 0 Å². The molecule has 0 aliphatic heterocycles. The largest absolute Gasteiger partial charge is 0.478 e. The fourth-order valence-corrected chi connectivity index (χ4v) is 3.42. The molecule has 7 heteroatoms. The summed E-state index contributed by atoms with van der Waals surface area (Å²) in [7, 11) is -2.35. The van der Waals surface area contributed by atoms with E-state index in [0.717, 1.165) is 6.07 Å². The number of aryl methyl sites for hydroxylation is 1. The van der Waals surface area contributed by atoms with Crippen molar-refractivity contribution in [2.45, 2.75) is 25.2 Å². The van der Waals surface area contributed by atoms with E-state index in [1.54, 1.807) is 13.8 Å². The number of hydrogen-bond acceptors (Lipinski definition) is 4. The summed E-state index contributed by atoms with van der Waals surface area (Å²) < 4.78 is 24.8. The van der Waals surface area contributed by atoms with E-state index in [0.29, 0.717) is 18.5 Å². The SMILES string of the molecule is CCc1ccc(C(=O)O)cc1S(=O)(=O)CC(=O)N(C)CC. The van der Waals surface area contributed by atoms with Gasteiger partial charge in [-0.25, -0.2) is 13.2 Å². The van der Waals surface area contributed by atoms with Crippen molar-refractivity contribution in [3.05, 3.63) is 29.3 Å². The van der Waals surface area contributed by atoms with Gasteiger partial charge in [0.05, 0.1) is 10.5 Å². The molecule has 0 radical (unpaired) electrons. The number of carbonyl (C=O) groups excluding carboxylic acids is 1. The van der Waals surface area contributed by atoms with Crippen molar-refractivity contribution in [3.63, 3.8) is 0 Å². The summed E-state index contributed by atoms with van der Waals surface area (Å²) in [5.41, 5.74) is 0.397. The molecule has 0 aliphatic rings. The average molecular weight is 313 g/mol. The van der Waals surface area contributed by atoms with Crippen LogP contribution in [0.15, 0.2) is 23.1 Å². The first-order valence-electron chi connectivity index (χ1n) is 6.55. The molecule has 116 valence electrons. The number of nitrogens with zero attached hydrogens (tertiary/aromatic N) is 1. The number of amides is 1. The molecule has 0 spiro atoms. The van der Waals surface area contributed by atoms with Crippen LogP contribution in [0, 0.1) is 0 Å². The van der Waals surface area contributed by atoms with E-state index < -0.39 is 27.5 Å². The highest BCUT2D eigenvalue weighted by Crippen LogP contribution is 2.20. The van der Waals surface area contributed by atoms with Crippen LogP contribution >= 0.6 is 0 Å². The molecule has 1 N–H and O–H groups in total. The lowest BCUT2D eigenvalue weighted by Gasteiger charge is -2.15. The number of carbonyl (C=O) groups is 2. The summed E-state index contributed by atoms with van der Waals surface area (Å²) in [6, 6.07) is 3.96. The number of benzene rings is 1. The van der Waals surface area contributed by atoms with Crippen LogP contribution in [0.4, 0.5) is 0 Å². The topological polar surface area (TPSA) is 91.7 Å². The number of sulfone groups is 1. The molecular weight excluding hydrogens is 294 g/mol. The van der Waals surface area contributed by atoms with Crippen molar-refractivity contribution in [1.29, 1.82) is 0 Å². The molecule has 0 saturated carbocycles. The number of aromatic carboxylic acids is 1. The third kappa shape index (κ3) is 4.04. The Morgan fingerprint density at radius 3 is 2.33 bits per heavy atom. The lowest BCUT2D eigenvalue weighted by Crippen LogP contribution is -2.32. The third-order valence-corrected chi connectivity index (χ3v) is 4.92. The van der Waals surface area contributed by atoms with Crippen molar-refractivity contribution >= 4 is 21.7 Å². The van der Waals surface area contributed by atoms with E-state index in [1.807, 2.05) is 0 Å². The molecule has 0 unspecified atom stereocenters. The van der Waals surface area contributed by atoms with Gasteiger partial charge in [-0.15, -0.1) is 0 Å². The van der Waals surface area contributed by atoms with Crippen LogP contribution in [0.2, 0.25) is 0 Å². The molecule has 6 nitrogen and oxygen atoms in total. The van der Waals surface area contributed by atoms with Gasteiger partial charge >= 0.3 is 5.97 Å². The normalized spacial score (nSPS) is 11.2. The first kappa shape index (κ1) is 17.2. The van der Waals surface area contributed by atoms with Gasteiger partial charge in [0.25, 0.3) is 0 Å². The predicted molar refractivity (Wildman–Crippen MR) is 78.1 cm³/mol. The minimum Gasteiger partial charge on any atom is -0.478 e. The molecule has 1 rings (SSSR count). The molecule has 0 aromatic heterocycles. The van der Waals surface area contributed by atoms with Gasteiger partial charge in [-0.2, -0.15) is 0 Å². The van der Waals surface area contributed by atoms with E-state index in [4.69, 9.17) is 5.11 Å². The molecule has 1 amide bonds. The predicted octanol–water partition coefficient (Wildman–Crippen LogP) is 1.20. The average Bonchev–Trinajstić information content (AvgIpc) is 2.44. The maximum Gasteiger partial charge on any atom is 0.335 e. The van der Waals surface area contributed by atoms with Crippen molar-refractivity contribution in [3.8, 4) is 0 Å². The van der Waals surface area contributed by atoms with Crippen LogP contribution in [0.1, 0.15) is 29.8 Å². The van der Waals surface area contributed by atoms with Crippen LogP contribution in [0.3, 0.4) is 0 Å². The summed E-state index contributed by atoms with van der Waals surface area (Å²) in [4.78, 5) is 24.0. The van der Waals surface area contributed by atoms with Crippen LogP contribution in [-0.4, -0.2) is 49.6 Å². The molecule has 1 aromatic carbocycles. The Morgan fingerprint density at radius 1 is 1.24 bits per heavy atom. The maximum absolute atomic E-state index is 12.4. The summed E-state index contributed by atoms with van der Waals surface area (Å²) in [5, 5.41) is 8.98. The molecule has 0 saturated heterocycles. The first-order chi connectivity index (χ1) is 9.72. The number of carboxylic acids is 1. The van der Waals surface area contributed by atoms with Crippen LogP contribution in [-0.2, 0) is 21.1 Å². The first-order valence-corrected chi connectivity index (χ1v) is 8.21. The third-order valence-electron chi connectivity index (χ3n) is 3.24. The molecule has 0 bridgehead atoms. The standard InChI is InChI=1S/C14H19NO5S/c1-4-10-6-7-11(14(17)18)8-12(10)21(19,20)9-13(16)15(3)5-2/h6-8H,4-5,9H2,1-3H3,(H,17,18). The van der Waals surface area contributed by atoms with Crippen LogP contribution in [0.25, 0.3) is 0 Å². The lowest BCUT2D eigenvalue weighted by atomic mass is 10.1. The number of rotatable bonds is 6. The molecule has 21 heavy (non-hydrogen) atoms. The second-order valence-corrected chi connectivity index (χ2v) is 6.61. The fourth-order valence-electron chi connectivity index (χ4n) is 1.80. The van der Waals surface area contributed by atoms with E-state index in [2.05, 4.69) is 0 Å². The molecule has 0 heterocycles. The van der Waals surface area contributed by atoms with Gasteiger partial charge in [0.1, 0.15) is 5.75 Å². The minimum atomic E-state index is -3.87. The highest BCUT2D eigenvalue weighted by molar-refractivity contribution is 7.92. The van der Waals surface area contributed by atoms with Gasteiger partial charge in [0, 0.05) is 13.6 Å². The molecule has 1 aromatic rings. The summed E-state index contributed by atoms with van der Waals surface area (Å²) >= 11 is 0. The summed E-state index contributed by atoms with van der Waals surface area (Å²) in [6.07, 6.45) is 0.437. The maximum atomic E-state index is 12.4. The van der Waals surface area contributed by atoms with Crippen molar-refractivity contribution in [1.82, 2.24) is 4.90 Å². The van der Waals surface area contributed by atoms with E-state index in [-0.39, 0.29) is 10.5 Å². The monoisotopic (exact) mass is 313 g/mol. The summed E-state index contributed by atoms with van der Waals surface area (Å²) in [5.74, 6) is -2.38. The molecule has 0 atom stereocenters. The Kier molecular flexibility index (Phi) is 5.48. The Labute approximate surface area is 124 Å². The van der Waals surface area contributed by atoms with Gasteiger partial charge in [0.2, 0.25) is 5.91 Å². The molecule has 0 fully saturated rings. The fraction of sp³-hybridized carbons (Fsp3) is 0.429. The number of carboxylic acid groups (broad SMARTS) is 1. The van der Waals surface area contributed by atoms with E-state index >= 15 is 0 Å². The van der Waals surface area contributed by atoms with Gasteiger partial charge in [-0.1, -0.05) is 13.0 Å². The Hall–Kier alpha value is -1.89. The van der Waals surface area contributed by atoms with Gasteiger partial charge in [-0.05, 0) is 31.0 Å². The highest BCUT2D eigenvalue weighted by Gasteiger charge is 2.24. The van der Waals surface area contributed by atoms with Crippen molar-refractivity contribution < 1.29 is 23.1 Å². The van der Waals surface area contributed by atoms with Gasteiger partial charge < -0.3 is 10.0 Å². The molecule has 0 aliphatic carbocycles. The van der Waals surface area contributed by atoms with Crippen molar-refractivity contribution in [2.24, 2.45) is 0 Å². The van der Waals surface area contributed by atoms with Crippen LogP contribution in [0.5, 0.6) is 0 Å². The Morgan fingerprint density at radius 2 is 1.86 bits per heavy atom. The lowest BCUT2D eigenvalue weighted by molar-refractivity contribution is -0.126. The second kappa shape index (κ2) is 6.71. The van der Waals surface area contributed by atoms with Gasteiger partial charge in [0.15, 0.2) is 9.84 Å². The minimum absolute atomic E-state index is 0.0808. The smallest absolute Gasteiger partial charge is 0.335 e. The zero-order valence-corrected chi connectivity index (χ0v) is 13.1. The zero-order chi connectivity index (χ0) is 16.2. The highest BCUT2D eigenvalue weighted by atomic mass is 32.2. The van der Waals surface area contributed by atoms with Crippen molar-refractivity contribution in [2.75, 3.05) is 19.3 Å². The summed E-state index contributed by atoms with van der Waals surface area (Å²) in [6.45, 7) is 3.92. The quantitative estimate of drug-likeness (QED) is 0.852. The Bertz CT molecular complexity index is 651. The zero-order valence-electron chi connectivity index (χ0n) is 12.3.